The van der Waals surface area contributed by atoms with E-state index >= 15 is 0 Å². The summed E-state index contributed by atoms with van der Waals surface area (Å²) < 4.78 is 2.24. The molecule has 0 saturated heterocycles. The first-order valence-corrected chi connectivity index (χ1v) is 11.0. The van der Waals surface area contributed by atoms with Crippen molar-refractivity contribution in [2.24, 2.45) is 0 Å². The lowest BCUT2D eigenvalue weighted by Crippen LogP contribution is -2.30. The number of nitro groups is 1. The maximum Gasteiger partial charge on any atom is 0.269 e. The smallest absolute Gasteiger partial charge is 0.269 e. The van der Waals surface area contributed by atoms with Gasteiger partial charge in [-0.2, -0.15) is 0 Å². The van der Waals surface area contributed by atoms with Gasteiger partial charge in [0, 0.05) is 27.8 Å². The number of nitro benzene ring substituents is 1. The molecule has 0 radical (unpaired) electrons. The molecule has 7 nitrogen and oxygen atoms in total. The molecule has 0 bridgehead atoms. The van der Waals surface area contributed by atoms with Crippen molar-refractivity contribution >= 4 is 37.3 Å². The molecule has 162 valence electrons. The fourth-order valence-corrected chi connectivity index (χ4v) is 4.98. The van der Waals surface area contributed by atoms with Crippen LogP contribution in [0, 0.1) is 10.1 Å². The Labute approximate surface area is 191 Å². The summed E-state index contributed by atoms with van der Waals surface area (Å²) in [5, 5.41) is 11.6. The summed E-state index contributed by atoms with van der Waals surface area (Å²) in [5.74, 6) is 0.352. The number of hydrogen-bond donors (Lipinski definition) is 0. The molecular weight excluding hydrogens is 438 g/mol. The monoisotopic (exact) mass is 455 g/mol. The van der Waals surface area contributed by atoms with Crippen LogP contribution in [0.5, 0.6) is 0 Å². The van der Waals surface area contributed by atoms with Crippen LogP contribution in [0.15, 0.2) is 88.5 Å². The molecule has 5 rings (SSSR count). The largest absolute Gasteiger partial charge is 0.288 e. The van der Waals surface area contributed by atoms with Crippen molar-refractivity contribution in [2.75, 3.05) is 0 Å². The Morgan fingerprint density at radius 2 is 1.61 bits per heavy atom. The number of nitrogens with zero attached hydrogens (tertiary/aromatic N) is 3. The Kier molecular flexibility index (Phi) is 5.07. The van der Waals surface area contributed by atoms with E-state index in [1.165, 1.54) is 28.0 Å². The molecule has 0 spiro atoms. The van der Waals surface area contributed by atoms with Crippen LogP contribution >= 0.6 is 11.3 Å². The van der Waals surface area contributed by atoms with Gasteiger partial charge >= 0.3 is 0 Å². The first-order chi connectivity index (χ1) is 16.0. The predicted molar refractivity (Wildman–Crippen MR) is 130 cm³/mol. The number of non-ortho nitro benzene ring substituents is 1. The van der Waals surface area contributed by atoms with E-state index in [9.17, 15) is 19.7 Å². The van der Waals surface area contributed by atoms with Gasteiger partial charge in [-0.25, -0.2) is 4.98 Å². The minimum absolute atomic E-state index is 0.0483. The molecule has 0 N–H and O–H groups in total. The molecule has 0 fully saturated rings. The molecule has 0 aliphatic heterocycles. The van der Waals surface area contributed by atoms with Gasteiger partial charge in [-0.05, 0) is 36.8 Å². The lowest BCUT2D eigenvalue weighted by molar-refractivity contribution is -0.384. The Hall–Kier alpha value is -4.17. The van der Waals surface area contributed by atoms with E-state index in [1.54, 1.807) is 24.3 Å². The third-order valence-corrected chi connectivity index (χ3v) is 6.72. The maximum absolute atomic E-state index is 13.8. The number of hydrogen-bond acceptors (Lipinski definition) is 6. The van der Waals surface area contributed by atoms with Crippen LogP contribution in [0.1, 0.15) is 18.5 Å². The normalized spacial score (nSPS) is 12.2. The topological polar surface area (TPSA) is 95.1 Å². The van der Waals surface area contributed by atoms with Gasteiger partial charge in [0.25, 0.3) is 11.2 Å². The zero-order chi connectivity index (χ0) is 23.1. The summed E-state index contributed by atoms with van der Waals surface area (Å²) in [4.78, 5) is 42.8. The maximum atomic E-state index is 13.8. The quantitative estimate of drug-likeness (QED) is 0.212. The molecule has 0 aliphatic rings. The second-order valence-corrected chi connectivity index (χ2v) is 8.64. The highest BCUT2D eigenvalue weighted by Crippen LogP contribution is 2.29. The van der Waals surface area contributed by atoms with Crippen molar-refractivity contribution in [3.63, 3.8) is 0 Å². The van der Waals surface area contributed by atoms with Crippen molar-refractivity contribution < 1.29 is 4.92 Å². The van der Waals surface area contributed by atoms with Gasteiger partial charge < -0.3 is 0 Å². The van der Waals surface area contributed by atoms with E-state index in [0.717, 1.165) is 10.3 Å². The van der Waals surface area contributed by atoms with Gasteiger partial charge in [-0.3, -0.25) is 24.3 Å². The Balaban J connectivity index is 1.87. The van der Waals surface area contributed by atoms with Crippen molar-refractivity contribution in [3.05, 3.63) is 115 Å². The lowest BCUT2D eigenvalue weighted by Gasteiger charge is -2.20. The highest BCUT2D eigenvalue weighted by molar-refractivity contribution is 7.24. The average molecular weight is 455 g/mol. The molecule has 0 amide bonds. The summed E-state index contributed by atoms with van der Waals surface area (Å²) in [6, 6.07) is 22.1. The molecule has 1 atom stereocenters. The summed E-state index contributed by atoms with van der Waals surface area (Å²) in [6.07, 6.45) is 0. The highest BCUT2D eigenvalue weighted by Gasteiger charge is 2.22. The number of fused-ring (bicyclic) bond motifs is 2. The lowest BCUT2D eigenvalue weighted by atomic mass is 10.1. The Bertz CT molecular complexity index is 1640. The Morgan fingerprint density at radius 1 is 0.939 bits per heavy atom. The second-order valence-electron chi connectivity index (χ2n) is 7.61. The van der Waals surface area contributed by atoms with E-state index in [4.69, 9.17) is 4.98 Å². The van der Waals surface area contributed by atoms with Crippen LogP contribution in [-0.4, -0.2) is 14.5 Å². The summed E-state index contributed by atoms with van der Waals surface area (Å²) >= 11 is 1.28. The fraction of sp³-hybridized carbons (Fsp3) is 0.0800. The number of rotatable bonds is 4. The molecule has 33 heavy (non-hydrogen) atoms. The molecule has 0 saturated carbocycles. The van der Waals surface area contributed by atoms with E-state index < -0.39 is 16.5 Å². The van der Waals surface area contributed by atoms with Crippen LogP contribution < -0.4 is 11.0 Å². The Morgan fingerprint density at radius 3 is 2.30 bits per heavy atom. The molecule has 3 aromatic carbocycles. The molecule has 2 heterocycles. The van der Waals surface area contributed by atoms with Crippen molar-refractivity contribution in [3.8, 4) is 11.4 Å². The average Bonchev–Trinajstić information content (AvgIpc) is 2.84. The minimum atomic E-state index is -0.477. The number of aromatic nitrogens is 2. The molecule has 5 aromatic rings. The van der Waals surface area contributed by atoms with E-state index in [-0.39, 0.29) is 16.5 Å². The molecule has 2 aromatic heterocycles. The summed E-state index contributed by atoms with van der Waals surface area (Å²) in [5.41, 5.74) is 0.592. The van der Waals surface area contributed by atoms with Gasteiger partial charge in [0.05, 0.1) is 11.0 Å². The van der Waals surface area contributed by atoms with Crippen LogP contribution in [0.2, 0.25) is 0 Å². The van der Waals surface area contributed by atoms with Gasteiger partial charge in [0.15, 0.2) is 0 Å². The summed E-state index contributed by atoms with van der Waals surface area (Å²) in [6.45, 7) is 1.87. The van der Waals surface area contributed by atoms with E-state index in [1.807, 2.05) is 49.4 Å². The first-order valence-electron chi connectivity index (χ1n) is 10.2. The van der Waals surface area contributed by atoms with Gasteiger partial charge in [0.2, 0.25) is 5.43 Å². The van der Waals surface area contributed by atoms with Crippen LogP contribution in [0.25, 0.3) is 31.7 Å². The van der Waals surface area contributed by atoms with Crippen molar-refractivity contribution in [1.29, 1.82) is 0 Å². The zero-order valence-corrected chi connectivity index (χ0v) is 18.3. The van der Waals surface area contributed by atoms with Crippen molar-refractivity contribution in [2.45, 2.75) is 13.0 Å². The van der Waals surface area contributed by atoms with E-state index in [0.29, 0.717) is 21.6 Å². The van der Waals surface area contributed by atoms with Crippen LogP contribution in [0.3, 0.4) is 0 Å². The second kappa shape index (κ2) is 8.07. The number of benzene rings is 3. The fourth-order valence-electron chi connectivity index (χ4n) is 3.94. The van der Waals surface area contributed by atoms with Crippen LogP contribution in [0.4, 0.5) is 5.69 Å². The van der Waals surface area contributed by atoms with Gasteiger partial charge in [0.1, 0.15) is 16.0 Å². The minimum Gasteiger partial charge on any atom is -0.288 e. The molecule has 1 unspecified atom stereocenters. The zero-order valence-electron chi connectivity index (χ0n) is 17.5. The highest BCUT2D eigenvalue weighted by atomic mass is 32.1. The molecule has 8 heteroatoms. The molecule has 0 aliphatic carbocycles. The van der Waals surface area contributed by atoms with Crippen molar-refractivity contribution in [1.82, 2.24) is 9.55 Å². The third-order valence-electron chi connectivity index (χ3n) is 5.65. The third kappa shape index (κ3) is 3.50. The van der Waals surface area contributed by atoms with E-state index in [2.05, 4.69) is 0 Å². The standard InChI is InChI=1S/C25H17N3O4S/c1-15(16-7-3-2-4-8-16)27-23(17-11-13-18(14-12-17)28(31)32)26-24-21(25(27)30)22(29)19-9-5-6-10-20(19)33-24/h2-15H,1H3. The summed E-state index contributed by atoms with van der Waals surface area (Å²) in [7, 11) is 0. The predicted octanol–water partition coefficient (Wildman–Crippen LogP) is 5.16. The van der Waals surface area contributed by atoms with Crippen LogP contribution in [-0.2, 0) is 0 Å². The SMILES string of the molecule is CC(c1ccccc1)n1c(-c2ccc([N+](=O)[O-])cc2)nc2sc3ccccc3c(=O)c2c1=O. The molecular formula is C25H17N3O4S. The van der Waals surface area contributed by atoms with Gasteiger partial charge in [-0.15, -0.1) is 11.3 Å². The van der Waals surface area contributed by atoms with Gasteiger partial charge in [-0.1, -0.05) is 42.5 Å². The first kappa shape index (κ1) is 20.7.